The van der Waals surface area contributed by atoms with Crippen molar-refractivity contribution in [3.8, 4) is 0 Å². The average molecular weight is 409 g/mol. The molecule has 0 spiro atoms. The molecule has 0 saturated carbocycles. The highest BCUT2D eigenvalue weighted by Gasteiger charge is 2.21. The van der Waals surface area contributed by atoms with Gasteiger partial charge in [-0.25, -0.2) is 0 Å². The molecule has 0 bridgehead atoms. The van der Waals surface area contributed by atoms with Gasteiger partial charge in [0.25, 0.3) is 11.8 Å². The molecular formula is C17H17BrN2O5. The van der Waals surface area contributed by atoms with E-state index in [-0.39, 0.29) is 30.5 Å². The van der Waals surface area contributed by atoms with Crippen molar-refractivity contribution in [1.82, 2.24) is 5.32 Å². The zero-order valence-corrected chi connectivity index (χ0v) is 15.3. The van der Waals surface area contributed by atoms with E-state index in [4.69, 9.17) is 4.42 Å². The maximum Gasteiger partial charge on any atom is 0.307 e. The summed E-state index contributed by atoms with van der Waals surface area (Å²) in [5.41, 5.74) is 0.740. The Kier molecular flexibility index (Phi) is 6.35. The van der Waals surface area contributed by atoms with Crippen molar-refractivity contribution >= 4 is 39.4 Å². The fourth-order valence-electron chi connectivity index (χ4n) is 2.14. The predicted octanol–water partition coefficient (Wildman–Crippen LogP) is 2.61. The standard InChI is InChI=1S/C17H17BrN2O5/c1-20(17(23)13-7-8-14(18)25-13)12-6-4-3-5-11(12)16(22)19-10-9-15(21)24-2/h3-8H,9-10H2,1-2H3,(H,19,22). The van der Waals surface area contributed by atoms with Crippen LogP contribution in [0, 0.1) is 0 Å². The molecule has 0 saturated heterocycles. The number of anilines is 1. The van der Waals surface area contributed by atoms with Crippen LogP contribution in [0.2, 0.25) is 0 Å². The fourth-order valence-corrected chi connectivity index (χ4v) is 2.44. The molecule has 2 amide bonds. The molecule has 0 aliphatic rings. The van der Waals surface area contributed by atoms with Crippen LogP contribution in [-0.4, -0.2) is 38.5 Å². The fraction of sp³-hybridized carbons (Fsp3) is 0.235. The van der Waals surface area contributed by atoms with Gasteiger partial charge in [0.05, 0.1) is 24.8 Å². The van der Waals surface area contributed by atoms with Crippen molar-refractivity contribution in [3.63, 3.8) is 0 Å². The minimum Gasteiger partial charge on any atom is -0.469 e. The normalized spacial score (nSPS) is 10.2. The Hall–Kier alpha value is -2.61. The van der Waals surface area contributed by atoms with Crippen molar-refractivity contribution in [1.29, 1.82) is 0 Å². The van der Waals surface area contributed by atoms with E-state index < -0.39 is 5.97 Å². The number of hydrogen-bond donors (Lipinski definition) is 1. The van der Waals surface area contributed by atoms with E-state index in [2.05, 4.69) is 26.0 Å². The van der Waals surface area contributed by atoms with Gasteiger partial charge in [0.1, 0.15) is 0 Å². The quantitative estimate of drug-likeness (QED) is 0.741. The Morgan fingerprint density at radius 1 is 1.20 bits per heavy atom. The lowest BCUT2D eigenvalue weighted by Gasteiger charge is -2.19. The van der Waals surface area contributed by atoms with Crippen LogP contribution in [0.25, 0.3) is 0 Å². The van der Waals surface area contributed by atoms with E-state index in [1.54, 1.807) is 43.4 Å². The number of carbonyl (C=O) groups is 3. The number of hydrogen-bond acceptors (Lipinski definition) is 5. The van der Waals surface area contributed by atoms with Crippen molar-refractivity contribution in [2.45, 2.75) is 6.42 Å². The predicted molar refractivity (Wildman–Crippen MR) is 94.5 cm³/mol. The molecule has 0 aliphatic heterocycles. The summed E-state index contributed by atoms with van der Waals surface area (Å²) in [6.45, 7) is 0.142. The number of methoxy groups -OCH3 is 1. The van der Waals surface area contributed by atoms with Gasteiger partial charge >= 0.3 is 5.97 Å². The zero-order valence-electron chi connectivity index (χ0n) is 13.7. The molecule has 7 nitrogen and oxygen atoms in total. The zero-order chi connectivity index (χ0) is 18.4. The van der Waals surface area contributed by atoms with Crippen LogP contribution in [0.4, 0.5) is 5.69 Å². The Morgan fingerprint density at radius 3 is 2.56 bits per heavy atom. The molecule has 8 heteroatoms. The average Bonchev–Trinajstić information content (AvgIpc) is 3.06. The van der Waals surface area contributed by atoms with Crippen molar-refractivity contribution in [3.05, 3.63) is 52.4 Å². The summed E-state index contributed by atoms with van der Waals surface area (Å²) in [5, 5.41) is 2.63. The molecule has 0 atom stereocenters. The molecule has 1 aromatic heterocycles. The molecular weight excluding hydrogens is 392 g/mol. The lowest BCUT2D eigenvalue weighted by molar-refractivity contribution is -0.140. The number of nitrogens with zero attached hydrogens (tertiary/aromatic N) is 1. The van der Waals surface area contributed by atoms with Crippen LogP contribution in [0.15, 0.2) is 45.5 Å². The molecule has 0 fully saturated rings. The first-order chi connectivity index (χ1) is 11.9. The maximum atomic E-state index is 12.5. The van der Waals surface area contributed by atoms with Gasteiger partial charge in [-0.1, -0.05) is 12.1 Å². The molecule has 132 valence electrons. The minimum atomic E-state index is -0.413. The molecule has 0 radical (unpaired) electrons. The van der Waals surface area contributed by atoms with E-state index in [0.29, 0.717) is 15.9 Å². The lowest BCUT2D eigenvalue weighted by Crippen LogP contribution is -2.31. The maximum absolute atomic E-state index is 12.5. The summed E-state index contributed by atoms with van der Waals surface area (Å²) < 4.78 is 10.2. The molecule has 1 aromatic carbocycles. The Bertz CT molecular complexity index is 787. The Morgan fingerprint density at radius 2 is 1.92 bits per heavy atom. The molecule has 1 heterocycles. The second kappa shape index (κ2) is 8.48. The number of rotatable bonds is 6. The summed E-state index contributed by atoms with van der Waals surface area (Å²) in [4.78, 5) is 37.3. The van der Waals surface area contributed by atoms with Gasteiger partial charge in [0.15, 0.2) is 10.4 Å². The van der Waals surface area contributed by atoms with Gasteiger partial charge in [-0.15, -0.1) is 0 Å². The summed E-state index contributed by atoms with van der Waals surface area (Å²) >= 11 is 3.15. The molecule has 2 aromatic rings. The molecule has 0 unspecified atom stereocenters. The van der Waals surface area contributed by atoms with E-state index in [1.807, 2.05) is 0 Å². The summed E-state index contributed by atoms with van der Waals surface area (Å²) in [7, 11) is 2.84. The van der Waals surface area contributed by atoms with Crippen LogP contribution >= 0.6 is 15.9 Å². The smallest absolute Gasteiger partial charge is 0.307 e. The molecule has 25 heavy (non-hydrogen) atoms. The summed E-state index contributed by atoms with van der Waals surface area (Å²) in [6, 6.07) is 9.84. The summed E-state index contributed by atoms with van der Waals surface area (Å²) in [5.74, 6) is -1.04. The number of carbonyl (C=O) groups excluding carboxylic acids is 3. The Balaban J connectivity index is 2.15. The lowest BCUT2D eigenvalue weighted by atomic mass is 10.1. The topological polar surface area (TPSA) is 88.9 Å². The van der Waals surface area contributed by atoms with Crippen molar-refractivity contribution in [2.75, 3.05) is 25.6 Å². The minimum absolute atomic E-state index is 0.0690. The molecule has 0 aliphatic carbocycles. The second-order valence-corrected chi connectivity index (χ2v) is 5.85. The third-order valence-electron chi connectivity index (χ3n) is 3.44. The number of ether oxygens (including phenoxy) is 1. The highest BCUT2D eigenvalue weighted by Crippen LogP contribution is 2.23. The highest BCUT2D eigenvalue weighted by atomic mass is 79.9. The van der Waals surface area contributed by atoms with Crippen molar-refractivity contribution < 1.29 is 23.5 Å². The second-order valence-electron chi connectivity index (χ2n) is 5.07. The van der Waals surface area contributed by atoms with Gasteiger partial charge in [-0.2, -0.15) is 0 Å². The number of amides is 2. The van der Waals surface area contributed by atoms with Crippen LogP contribution < -0.4 is 10.2 Å². The van der Waals surface area contributed by atoms with Crippen LogP contribution in [0.1, 0.15) is 27.3 Å². The van der Waals surface area contributed by atoms with Gasteiger partial charge in [-0.05, 0) is 40.2 Å². The Labute approximate surface area is 153 Å². The SMILES string of the molecule is COC(=O)CCNC(=O)c1ccccc1N(C)C(=O)c1ccc(Br)o1. The number of para-hydroxylation sites is 1. The van der Waals surface area contributed by atoms with Gasteiger partial charge < -0.3 is 19.4 Å². The summed E-state index contributed by atoms with van der Waals surface area (Å²) in [6.07, 6.45) is 0.0690. The first-order valence-corrected chi connectivity index (χ1v) is 8.20. The van der Waals surface area contributed by atoms with E-state index >= 15 is 0 Å². The van der Waals surface area contributed by atoms with Crippen molar-refractivity contribution in [2.24, 2.45) is 0 Å². The first kappa shape index (κ1) is 18.7. The number of furan rings is 1. The van der Waals surface area contributed by atoms with E-state index in [9.17, 15) is 14.4 Å². The van der Waals surface area contributed by atoms with E-state index in [1.165, 1.54) is 12.0 Å². The highest BCUT2D eigenvalue weighted by molar-refractivity contribution is 9.10. The molecule has 2 rings (SSSR count). The third kappa shape index (κ3) is 4.69. The van der Waals surface area contributed by atoms with Gasteiger partial charge in [0, 0.05) is 13.6 Å². The number of esters is 1. The number of nitrogens with one attached hydrogen (secondary N) is 1. The largest absolute Gasteiger partial charge is 0.469 e. The van der Waals surface area contributed by atoms with Crippen LogP contribution in [0.3, 0.4) is 0 Å². The first-order valence-electron chi connectivity index (χ1n) is 7.41. The van der Waals surface area contributed by atoms with Gasteiger partial charge in [0.2, 0.25) is 0 Å². The van der Waals surface area contributed by atoms with E-state index in [0.717, 1.165) is 0 Å². The molecule has 1 N–H and O–H groups in total. The van der Waals surface area contributed by atoms with Crippen LogP contribution in [-0.2, 0) is 9.53 Å². The third-order valence-corrected chi connectivity index (χ3v) is 3.87. The number of benzene rings is 1. The van der Waals surface area contributed by atoms with Crippen LogP contribution in [0.5, 0.6) is 0 Å². The van der Waals surface area contributed by atoms with Gasteiger partial charge in [-0.3, -0.25) is 14.4 Å². The number of halogens is 1. The monoisotopic (exact) mass is 408 g/mol.